The molecule has 2 aromatic heterocycles. The smallest absolute Gasteiger partial charge is 0.309 e. The Morgan fingerprint density at radius 2 is 2.00 bits per heavy atom. The van der Waals surface area contributed by atoms with E-state index in [2.05, 4.69) is 17.6 Å². The van der Waals surface area contributed by atoms with Crippen LogP contribution in [0, 0.1) is 6.92 Å². The fraction of sp³-hybridized carbons (Fsp3) is 0.176. The van der Waals surface area contributed by atoms with Gasteiger partial charge in [0, 0.05) is 16.2 Å². The summed E-state index contributed by atoms with van der Waals surface area (Å²) in [6.45, 7) is 2.00. The normalized spacial score (nSPS) is 10.9. The number of aromatic nitrogens is 1. The number of thiol groups is 1. The maximum atomic E-state index is 11.1. The number of rotatable bonds is 5. The van der Waals surface area contributed by atoms with Crippen LogP contribution in [0.5, 0.6) is 0 Å². The molecule has 3 rings (SSSR count). The summed E-state index contributed by atoms with van der Waals surface area (Å²) < 4.78 is 5.89. The van der Waals surface area contributed by atoms with Crippen LogP contribution in [0.4, 0.5) is 0 Å². The monoisotopic (exact) mass is 345 g/mol. The molecule has 0 aliphatic carbocycles. The Morgan fingerprint density at radius 1 is 1.26 bits per heavy atom. The third-order valence-electron chi connectivity index (χ3n) is 3.36. The molecule has 4 nitrogen and oxygen atoms in total. The number of thiophene rings is 1. The Morgan fingerprint density at radius 3 is 2.57 bits per heavy atom. The first kappa shape index (κ1) is 15.8. The van der Waals surface area contributed by atoms with E-state index < -0.39 is 5.97 Å². The van der Waals surface area contributed by atoms with Gasteiger partial charge in [-0.05, 0) is 36.8 Å². The minimum Gasteiger partial charge on any atom is -0.481 e. The highest BCUT2D eigenvalue weighted by Gasteiger charge is 2.19. The molecule has 0 saturated carbocycles. The maximum absolute atomic E-state index is 11.1. The topological polar surface area (TPSA) is 63.3 Å². The first-order chi connectivity index (χ1) is 11.1. The lowest BCUT2D eigenvalue weighted by atomic mass is 10.1. The lowest BCUT2D eigenvalue weighted by Crippen LogP contribution is -2.01. The SMILES string of the molecule is Cc1ccc(-c2oc(-c3ccc(CS)cc3)nc2CC(=O)O)s1. The van der Waals surface area contributed by atoms with Gasteiger partial charge in [-0.25, -0.2) is 4.98 Å². The number of oxazole rings is 1. The quantitative estimate of drug-likeness (QED) is 0.671. The molecule has 1 N–H and O–H groups in total. The predicted molar refractivity (Wildman–Crippen MR) is 94.0 cm³/mol. The summed E-state index contributed by atoms with van der Waals surface area (Å²) in [6.07, 6.45) is -0.162. The summed E-state index contributed by atoms with van der Waals surface area (Å²) >= 11 is 5.80. The van der Waals surface area contributed by atoms with Gasteiger partial charge in [0.15, 0.2) is 5.76 Å². The Hall–Kier alpha value is -2.05. The number of hydrogen-bond acceptors (Lipinski definition) is 5. The van der Waals surface area contributed by atoms with Crippen molar-refractivity contribution in [1.82, 2.24) is 4.98 Å². The zero-order valence-electron chi connectivity index (χ0n) is 12.4. The lowest BCUT2D eigenvalue weighted by Gasteiger charge is -1.98. The van der Waals surface area contributed by atoms with Crippen molar-refractivity contribution in [2.75, 3.05) is 0 Å². The average Bonchev–Trinajstić information content (AvgIpc) is 3.13. The van der Waals surface area contributed by atoms with E-state index >= 15 is 0 Å². The zero-order chi connectivity index (χ0) is 16.4. The number of aliphatic carboxylic acids is 1. The molecular weight excluding hydrogens is 330 g/mol. The molecule has 0 aliphatic heterocycles. The molecule has 118 valence electrons. The molecule has 0 amide bonds. The predicted octanol–water partition coefficient (Wildman–Crippen LogP) is 4.44. The number of benzene rings is 1. The molecule has 0 saturated heterocycles. The highest BCUT2D eigenvalue weighted by molar-refractivity contribution is 7.79. The van der Waals surface area contributed by atoms with Gasteiger partial charge in [0.25, 0.3) is 0 Å². The van der Waals surface area contributed by atoms with E-state index in [-0.39, 0.29) is 6.42 Å². The Bertz CT molecular complexity index is 834. The van der Waals surface area contributed by atoms with Crippen molar-refractivity contribution in [2.24, 2.45) is 0 Å². The summed E-state index contributed by atoms with van der Waals surface area (Å²) in [5, 5.41) is 9.10. The summed E-state index contributed by atoms with van der Waals surface area (Å²) in [5.41, 5.74) is 2.37. The van der Waals surface area contributed by atoms with E-state index in [0.29, 0.717) is 23.1 Å². The summed E-state index contributed by atoms with van der Waals surface area (Å²) in [7, 11) is 0. The molecule has 2 heterocycles. The van der Waals surface area contributed by atoms with Gasteiger partial charge in [-0.3, -0.25) is 4.79 Å². The molecular formula is C17H15NO3S2. The fourth-order valence-corrected chi connectivity index (χ4v) is 3.32. The van der Waals surface area contributed by atoms with Crippen LogP contribution in [-0.2, 0) is 17.0 Å². The average molecular weight is 345 g/mol. The minimum absolute atomic E-state index is 0.162. The summed E-state index contributed by atoms with van der Waals surface area (Å²) in [4.78, 5) is 17.5. The second-order valence-corrected chi connectivity index (χ2v) is 6.73. The number of aryl methyl sites for hydroxylation is 1. The van der Waals surface area contributed by atoms with Crippen molar-refractivity contribution in [2.45, 2.75) is 19.1 Å². The molecule has 0 unspecified atom stereocenters. The third kappa shape index (κ3) is 3.48. The van der Waals surface area contributed by atoms with Gasteiger partial charge < -0.3 is 9.52 Å². The minimum atomic E-state index is -0.926. The number of carboxylic acid groups (broad SMARTS) is 1. The van der Waals surface area contributed by atoms with Gasteiger partial charge in [-0.1, -0.05) is 12.1 Å². The highest BCUT2D eigenvalue weighted by Crippen LogP contribution is 2.34. The molecule has 0 radical (unpaired) electrons. The second kappa shape index (κ2) is 6.60. The first-order valence-corrected chi connectivity index (χ1v) is 8.50. The third-order valence-corrected chi connectivity index (χ3v) is 4.73. The molecule has 0 spiro atoms. The second-order valence-electron chi connectivity index (χ2n) is 5.13. The van der Waals surface area contributed by atoms with E-state index in [0.717, 1.165) is 20.9 Å². The summed E-state index contributed by atoms with van der Waals surface area (Å²) in [5.74, 6) is 0.715. The van der Waals surface area contributed by atoms with Gasteiger partial charge in [0.05, 0.1) is 17.0 Å². The van der Waals surface area contributed by atoms with Crippen LogP contribution in [0.25, 0.3) is 22.1 Å². The van der Waals surface area contributed by atoms with Crippen LogP contribution in [0.2, 0.25) is 0 Å². The van der Waals surface area contributed by atoms with Crippen molar-refractivity contribution in [3.05, 3.63) is 52.5 Å². The van der Waals surface area contributed by atoms with Crippen molar-refractivity contribution in [3.8, 4) is 22.1 Å². The van der Waals surface area contributed by atoms with Gasteiger partial charge >= 0.3 is 5.97 Å². The van der Waals surface area contributed by atoms with Gasteiger partial charge in [-0.15, -0.1) is 11.3 Å². The van der Waals surface area contributed by atoms with Crippen molar-refractivity contribution < 1.29 is 14.3 Å². The van der Waals surface area contributed by atoms with Crippen molar-refractivity contribution in [1.29, 1.82) is 0 Å². The van der Waals surface area contributed by atoms with E-state index in [1.807, 2.05) is 43.3 Å². The number of carboxylic acids is 1. The first-order valence-electron chi connectivity index (χ1n) is 7.05. The molecule has 0 aliphatic rings. The highest BCUT2D eigenvalue weighted by atomic mass is 32.1. The van der Waals surface area contributed by atoms with Crippen LogP contribution >= 0.6 is 24.0 Å². The van der Waals surface area contributed by atoms with E-state index in [9.17, 15) is 4.79 Å². The van der Waals surface area contributed by atoms with Gasteiger partial charge in [0.1, 0.15) is 0 Å². The van der Waals surface area contributed by atoms with E-state index in [1.54, 1.807) is 11.3 Å². The number of nitrogens with zero attached hydrogens (tertiary/aromatic N) is 1. The van der Waals surface area contributed by atoms with Gasteiger partial charge in [0.2, 0.25) is 5.89 Å². The van der Waals surface area contributed by atoms with Gasteiger partial charge in [-0.2, -0.15) is 12.6 Å². The Labute approximate surface area is 143 Å². The molecule has 23 heavy (non-hydrogen) atoms. The van der Waals surface area contributed by atoms with Crippen molar-refractivity contribution in [3.63, 3.8) is 0 Å². The van der Waals surface area contributed by atoms with Crippen LogP contribution in [0.1, 0.15) is 16.1 Å². The van der Waals surface area contributed by atoms with Crippen LogP contribution < -0.4 is 0 Å². The van der Waals surface area contributed by atoms with E-state index in [4.69, 9.17) is 9.52 Å². The van der Waals surface area contributed by atoms with E-state index in [1.165, 1.54) is 0 Å². The molecule has 0 fully saturated rings. The Kier molecular flexibility index (Phi) is 4.54. The van der Waals surface area contributed by atoms with Crippen LogP contribution in [0.15, 0.2) is 40.8 Å². The van der Waals surface area contributed by atoms with Crippen molar-refractivity contribution >= 4 is 29.9 Å². The fourth-order valence-electron chi connectivity index (χ4n) is 2.24. The molecule has 0 bridgehead atoms. The zero-order valence-corrected chi connectivity index (χ0v) is 14.2. The number of carbonyl (C=O) groups is 1. The lowest BCUT2D eigenvalue weighted by molar-refractivity contribution is -0.136. The molecule has 6 heteroatoms. The molecule has 3 aromatic rings. The molecule has 0 atom stereocenters. The Balaban J connectivity index is 2.04. The summed E-state index contributed by atoms with van der Waals surface area (Å²) in [6, 6.07) is 11.6. The maximum Gasteiger partial charge on any atom is 0.309 e. The standard InChI is InChI=1S/C17H15NO3S2/c1-10-2-7-14(23-10)16-13(8-15(19)20)18-17(21-16)12-5-3-11(9-22)4-6-12/h2-7,22H,8-9H2,1H3,(H,19,20). The van der Waals surface area contributed by atoms with Crippen LogP contribution in [0.3, 0.4) is 0 Å². The van der Waals surface area contributed by atoms with Crippen LogP contribution in [-0.4, -0.2) is 16.1 Å². The molecule has 1 aromatic carbocycles. The largest absolute Gasteiger partial charge is 0.481 e. The number of hydrogen-bond donors (Lipinski definition) is 2.